The number of allylic oxidation sites excluding steroid dienone is 2. The molecule has 0 fully saturated rings. The summed E-state index contributed by atoms with van der Waals surface area (Å²) >= 11 is -1.98. The molecule has 4 rings (SSSR count). The Bertz CT molecular complexity index is 823. The summed E-state index contributed by atoms with van der Waals surface area (Å²) in [5.41, 5.74) is 9.08. The fourth-order valence-electron chi connectivity index (χ4n) is 3.99. The van der Waals surface area contributed by atoms with Gasteiger partial charge in [0.15, 0.2) is 0 Å². The van der Waals surface area contributed by atoms with Gasteiger partial charge >= 0.3 is 147 Å². The Morgan fingerprint density at radius 1 is 0.783 bits per heavy atom. The SMILES string of the molecule is C[CH]=[Zr]([c]1ccc(C)c2c1C=CC2)[c]1ccc(C)c2c1C=CC2. The van der Waals surface area contributed by atoms with Crippen LogP contribution in [0.15, 0.2) is 36.4 Å². The van der Waals surface area contributed by atoms with Crippen molar-refractivity contribution in [2.45, 2.75) is 33.6 Å². The number of rotatable bonds is 2. The van der Waals surface area contributed by atoms with Crippen LogP contribution in [0.3, 0.4) is 0 Å². The van der Waals surface area contributed by atoms with Crippen molar-refractivity contribution < 1.29 is 21.3 Å². The maximum atomic E-state index is 2.55. The van der Waals surface area contributed by atoms with Gasteiger partial charge in [0.25, 0.3) is 0 Å². The molecular weight excluding hydrogens is 355 g/mol. The summed E-state index contributed by atoms with van der Waals surface area (Å²) in [6.07, 6.45) is 11.6. The standard InChI is InChI=1S/2C10H9.C2H4.Zr/c2*1-8-4-2-5-9-6-3-7-10(8)9;1-2;/h2*2-4,6H,7H2,1H3;1H,2H3;. The van der Waals surface area contributed by atoms with E-state index in [9.17, 15) is 0 Å². The summed E-state index contributed by atoms with van der Waals surface area (Å²) in [5, 5.41) is 0. The normalized spacial score (nSPS) is 14.0. The summed E-state index contributed by atoms with van der Waals surface area (Å²) in [7, 11) is 0. The molecule has 2 aromatic rings. The molecule has 0 nitrogen and oxygen atoms in total. The van der Waals surface area contributed by atoms with Gasteiger partial charge in [-0.3, -0.25) is 0 Å². The summed E-state index contributed by atoms with van der Waals surface area (Å²) in [6, 6.07) is 9.53. The fourth-order valence-corrected chi connectivity index (χ4v) is 10.1. The van der Waals surface area contributed by atoms with E-state index < -0.39 is 21.3 Å². The van der Waals surface area contributed by atoms with Gasteiger partial charge in [-0.25, -0.2) is 0 Å². The van der Waals surface area contributed by atoms with Crippen LogP contribution in [0, 0.1) is 13.8 Å². The van der Waals surface area contributed by atoms with Crippen LogP contribution < -0.4 is 6.54 Å². The molecule has 0 atom stereocenters. The molecule has 0 saturated heterocycles. The Morgan fingerprint density at radius 2 is 1.26 bits per heavy atom. The molecule has 23 heavy (non-hydrogen) atoms. The molecular formula is C22H22Zr. The third kappa shape index (κ3) is 2.41. The zero-order valence-corrected chi connectivity index (χ0v) is 16.6. The van der Waals surface area contributed by atoms with Crippen LogP contribution in [0.4, 0.5) is 0 Å². The second-order valence-corrected chi connectivity index (χ2v) is 12.7. The van der Waals surface area contributed by atoms with Crippen LogP contribution in [0.1, 0.15) is 40.3 Å². The van der Waals surface area contributed by atoms with Gasteiger partial charge in [0.05, 0.1) is 0 Å². The summed E-state index contributed by atoms with van der Waals surface area (Å²) in [6.45, 7) is 6.78. The number of hydrogen-bond donors (Lipinski definition) is 0. The van der Waals surface area contributed by atoms with Gasteiger partial charge < -0.3 is 0 Å². The Morgan fingerprint density at radius 3 is 1.70 bits per heavy atom. The molecule has 114 valence electrons. The zero-order chi connectivity index (χ0) is 16.0. The third-order valence-corrected chi connectivity index (χ3v) is 11.7. The second kappa shape index (κ2) is 5.95. The Hall–Kier alpha value is -1.33. The average Bonchev–Trinajstić information content (AvgIpc) is 3.21. The monoisotopic (exact) mass is 376 g/mol. The first kappa shape index (κ1) is 15.2. The minimum atomic E-state index is -1.98. The number of hydrogen-bond acceptors (Lipinski definition) is 0. The number of fused-ring (bicyclic) bond motifs is 2. The fraction of sp³-hybridized carbons (Fsp3) is 0.227. The van der Waals surface area contributed by atoms with Crippen LogP contribution in [0.25, 0.3) is 12.2 Å². The van der Waals surface area contributed by atoms with E-state index in [4.69, 9.17) is 0 Å². The van der Waals surface area contributed by atoms with Crippen LogP contribution >= 0.6 is 0 Å². The predicted octanol–water partition coefficient (Wildman–Crippen LogP) is 3.83. The van der Waals surface area contributed by atoms with Crippen molar-refractivity contribution in [1.29, 1.82) is 0 Å². The molecule has 0 heterocycles. The van der Waals surface area contributed by atoms with Crippen molar-refractivity contribution in [3.8, 4) is 0 Å². The van der Waals surface area contributed by atoms with Crippen molar-refractivity contribution in [2.24, 2.45) is 0 Å². The van der Waals surface area contributed by atoms with Gasteiger partial charge in [0.1, 0.15) is 0 Å². The summed E-state index contributed by atoms with van der Waals surface area (Å²) in [5.74, 6) is 0. The summed E-state index contributed by atoms with van der Waals surface area (Å²) < 4.78 is 5.85. The van der Waals surface area contributed by atoms with E-state index >= 15 is 0 Å². The van der Waals surface area contributed by atoms with Crippen molar-refractivity contribution in [1.82, 2.24) is 0 Å². The van der Waals surface area contributed by atoms with Crippen LogP contribution in [0.2, 0.25) is 0 Å². The Kier molecular flexibility index (Phi) is 3.94. The van der Waals surface area contributed by atoms with Crippen LogP contribution in [-0.4, -0.2) is 3.71 Å². The minimum absolute atomic E-state index is 1.11. The molecule has 0 radical (unpaired) electrons. The molecule has 0 aliphatic heterocycles. The quantitative estimate of drug-likeness (QED) is 0.746. The molecule has 0 spiro atoms. The van der Waals surface area contributed by atoms with E-state index in [0.717, 1.165) is 12.8 Å². The second-order valence-electron chi connectivity index (χ2n) is 6.56. The molecule has 0 amide bonds. The van der Waals surface area contributed by atoms with Gasteiger partial charge in [-0.05, 0) is 0 Å². The molecule has 2 aliphatic carbocycles. The topological polar surface area (TPSA) is 0 Å². The van der Waals surface area contributed by atoms with Crippen LogP contribution in [0.5, 0.6) is 0 Å². The van der Waals surface area contributed by atoms with Crippen molar-refractivity contribution in [3.05, 3.63) is 69.8 Å². The van der Waals surface area contributed by atoms with Crippen molar-refractivity contribution in [2.75, 3.05) is 0 Å². The van der Waals surface area contributed by atoms with E-state index in [0.29, 0.717) is 0 Å². The predicted molar refractivity (Wildman–Crippen MR) is 98.8 cm³/mol. The molecule has 1 heteroatoms. The summed E-state index contributed by atoms with van der Waals surface area (Å²) in [4.78, 5) is 0. The Labute approximate surface area is 146 Å². The maximum absolute atomic E-state index is 2.55. The van der Waals surface area contributed by atoms with Gasteiger partial charge in [0, 0.05) is 0 Å². The third-order valence-electron chi connectivity index (χ3n) is 5.26. The van der Waals surface area contributed by atoms with Gasteiger partial charge in [-0.15, -0.1) is 0 Å². The Balaban J connectivity index is 1.93. The van der Waals surface area contributed by atoms with E-state index in [-0.39, 0.29) is 0 Å². The molecule has 0 N–H and O–H groups in total. The molecule has 2 aliphatic rings. The van der Waals surface area contributed by atoms with E-state index in [2.05, 4.69) is 73.0 Å². The molecule has 0 saturated carbocycles. The number of aryl methyl sites for hydroxylation is 2. The first-order chi connectivity index (χ1) is 11.2. The van der Waals surface area contributed by atoms with E-state index in [1.807, 2.05) is 0 Å². The molecule has 0 bridgehead atoms. The van der Waals surface area contributed by atoms with E-state index in [1.165, 1.54) is 22.3 Å². The average molecular weight is 378 g/mol. The molecule has 2 aromatic carbocycles. The number of benzene rings is 2. The van der Waals surface area contributed by atoms with Crippen LogP contribution in [-0.2, 0) is 34.1 Å². The zero-order valence-electron chi connectivity index (χ0n) is 14.1. The van der Waals surface area contributed by atoms with Crippen molar-refractivity contribution >= 4 is 22.4 Å². The molecule has 0 aromatic heterocycles. The molecule has 0 unspecified atom stereocenters. The van der Waals surface area contributed by atoms with E-state index in [1.54, 1.807) is 17.7 Å². The van der Waals surface area contributed by atoms with Gasteiger partial charge in [-0.1, -0.05) is 0 Å². The van der Waals surface area contributed by atoms with Crippen molar-refractivity contribution in [3.63, 3.8) is 0 Å². The van der Waals surface area contributed by atoms with Gasteiger partial charge in [0.2, 0.25) is 0 Å². The first-order valence-electron chi connectivity index (χ1n) is 8.46. The van der Waals surface area contributed by atoms with Gasteiger partial charge in [-0.2, -0.15) is 0 Å². The first-order valence-corrected chi connectivity index (χ1v) is 12.3.